The first-order valence-corrected chi connectivity index (χ1v) is 5.57. The summed E-state index contributed by atoms with van der Waals surface area (Å²) in [5, 5.41) is 0.554. The van der Waals surface area contributed by atoms with E-state index in [9.17, 15) is 4.39 Å². The van der Waals surface area contributed by atoms with E-state index in [1.165, 1.54) is 12.1 Å². The lowest BCUT2D eigenvalue weighted by Crippen LogP contribution is -2.24. The van der Waals surface area contributed by atoms with Gasteiger partial charge in [-0.2, -0.15) is 0 Å². The van der Waals surface area contributed by atoms with E-state index in [4.69, 9.17) is 23.2 Å². The van der Waals surface area contributed by atoms with Crippen LogP contribution in [0, 0.1) is 5.82 Å². The molecule has 1 aromatic rings. The normalized spacial score (nSPS) is 13.2. The Morgan fingerprint density at radius 3 is 2.67 bits per heavy atom. The smallest absolute Gasteiger partial charge is 0.124 e. The fourth-order valence-corrected chi connectivity index (χ4v) is 1.90. The molecular weight excluding hydrogens is 236 g/mol. The van der Waals surface area contributed by atoms with E-state index in [0.717, 1.165) is 12.1 Å². The summed E-state index contributed by atoms with van der Waals surface area (Å²) in [6, 6.07) is 4.45. The Kier molecular flexibility index (Phi) is 4.84. The van der Waals surface area contributed by atoms with Crippen molar-refractivity contribution in [1.29, 1.82) is 0 Å². The van der Waals surface area contributed by atoms with Gasteiger partial charge < -0.3 is 4.90 Å². The van der Waals surface area contributed by atoms with Crippen LogP contribution in [0.1, 0.15) is 12.5 Å². The van der Waals surface area contributed by atoms with Crippen LogP contribution in [0.3, 0.4) is 0 Å². The van der Waals surface area contributed by atoms with Gasteiger partial charge in [0.2, 0.25) is 0 Å². The Bertz CT molecular complexity index is 328. The number of benzene rings is 1. The fraction of sp³-hybridized carbons (Fsp3) is 0.455. The summed E-state index contributed by atoms with van der Waals surface area (Å²) in [5.41, 5.74) is 0.915. The predicted octanol–water partition coefficient (Wildman–Crippen LogP) is 3.54. The molecule has 1 unspecified atom stereocenters. The van der Waals surface area contributed by atoms with E-state index in [1.807, 2.05) is 14.0 Å². The molecule has 0 heterocycles. The molecule has 15 heavy (non-hydrogen) atoms. The number of rotatable bonds is 4. The molecule has 0 radical (unpaired) electrons. The van der Waals surface area contributed by atoms with Gasteiger partial charge in [-0.3, -0.25) is 0 Å². The number of hydrogen-bond donors (Lipinski definition) is 0. The van der Waals surface area contributed by atoms with Gasteiger partial charge >= 0.3 is 0 Å². The van der Waals surface area contributed by atoms with Crippen LogP contribution in [-0.2, 0) is 6.54 Å². The van der Waals surface area contributed by atoms with Crippen molar-refractivity contribution in [2.45, 2.75) is 18.8 Å². The second-order valence-corrected chi connectivity index (χ2v) is 4.87. The first-order chi connectivity index (χ1) is 6.99. The summed E-state index contributed by atoms with van der Waals surface area (Å²) in [6.07, 6.45) is 0. The van der Waals surface area contributed by atoms with Crippen LogP contribution in [0.2, 0.25) is 5.02 Å². The standard InChI is InChI=1S/C11H14Cl2FN/c1-8(12)6-15(2)7-9-3-4-10(14)5-11(9)13/h3-5,8H,6-7H2,1-2H3. The van der Waals surface area contributed by atoms with Gasteiger partial charge in [0.05, 0.1) is 0 Å². The average Bonchev–Trinajstić information content (AvgIpc) is 2.08. The Morgan fingerprint density at radius 1 is 1.47 bits per heavy atom. The van der Waals surface area contributed by atoms with Crippen molar-refractivity contribution in [2.75, 3.05) is 13.6 Å². The highest BCUT2D eigenvalue weighted by Gasteiger charge is 2.07. The molecule has 0 aromatic heterocycles. The minimum atomic E-state index is -0.308. The molecule has 84 valence electrons. The maximum absolute atomic E-state index is 12.8. The van der Waals surface area contributed by atoms with Gasteiger partial charge in [-0.15, -0.1) is 11.6 Å². The molecule has 0 amide bonds. The van der Waals surface area contributed by atoms with Crippen LogP contribution in [-0.4, -0.2) is 23.9 Å². The summed E-state index contributed by atoms with van der Waals surface area (Å²) in [7, 11) is 1.96. The lowest BCUT2D eigenvalue weighted by Gasteiger charge is -2.18. The molecule has 0 saturated heterocycles. The van der Waals surface area contributed by atoms with E-state index < -0.39 is 0 Å². The molecule has 0 aliphatic carbocycles. The van der Waals surface area contributed by atoms with E-state index in [0.29, 0.717) is 11.6 Å². The van der Waals surface area contributed by atoms with Gasteiger partial charge in [-0.05, 0) is 31.7 Å². The van der Waals surface area contributed by atoms with Crippen LogP contribution in [0.15, 0.2) is 18.2 Å². The highest BCUT2D eigenvalue weighted by molar-refractivity contribution is 6.31. The zero-order chi connectivity index (χ0) is 11.4. The van der Waals surface area contributed by atoms with Gasteiger partial charge in [0, 0.05) is 23.5 Å². The third kappa shape index (κ3) is 4.37. The van der Waals surface area contributed by atoms with Crippen molar-refractivity contribution in [3.63, 3.8) is 0 Å². The number of alkyl halides is 1. The van der Waals surface area contributed by atoms with Gasteiger partial charge in [-0.25, -0.2) is 4.39 Å². The highest BCUT2D eigenvalue weighted by Crippen LogP contribution is 2.18. The number of nitrogens with zero attached hydrogens (tertiary/aromatic N) is 1. The lowest BCUT2D eigenvalue weighted by molar-refractivity contribution is 0.330. The zero-order valence-corrected chi connectivity index (χ0v) is 10.3. The summed E-state index contributed by atoms with van der Waals surface area (Å²) >= 11 is 11.8. The Morgan fingerprint density at radius 2 is 2.13 bits per heavy atom. The number of hydrogen-bond acceptors (Lipinski definition) is 1. The van der Waals surface area contributed by atoms with Crippen molar-refractivity contribution in [1.82, 2.24) is 4.90 Å². The first kappa shape index (κ1) is 12.8. The number of halogens is 3. The summed E-state index contributed by atoms with van der Waals surface area (Å²) in [6.45, 7) is 3.38. The molecule has 0 aliphatic rings. The van der Waals surface area contributed by atoms with Crippen LogP contribution < -0.4 is 0 Å². The SMILES string of the molecule is CC(Cl)CN(C)Cc1ccc(F)cc1Cl. The summed E-state index contributed by atoms with van der Waals surface area (Å²) in [4.78, 5) is 2.05. The van der Waals surface area contributed by atoms with Crippen molar-refractivity contribution in [2.24, 2.45) is 0 Å². The summed E-state index contributed by atoms with van der Waals surface area (Å²) in [5.74, 6) is -0.308. The Hall–Kier alpha value is -0.310. The first-order valence-electron chi connectivity index (χ1n) is 4.75. The predicted molar refractivity (Wildman–Crippen MR) is 63.1 cm³/mol. The van der Waals surface area contributed by atoms with E-state index >= 15 is 0 Å². The average molecular weight is 250 g/mol. The molecule has 0 aliphatic heterocycles. The second-order valence-electron chi connectivity index (χ2n) is 3.71. The quantitative estimate of drug-likeness (QED) is 0.739. The van der Waals surface area contributed by atoms with Gasteiger partial charge in [0.1, 0.15) is 5.82 Å². The van der Waals surface area contributed by atoms with Crippen LogP contribution >= 0.6 is 23.2 Å². The third-order valence-electron chi connectivity index (χ3n) is 2.02. The van der Waals surface area contributed by atoms with Gasteiger partial charge in [0.15, 0.2) is 0 Å². The maximum atomic E-state index is 12.8. The third-order valence-corrected chi connectivity index (χ3v) is 2.51. The summed E-state index contributed by atoms with van der Waals surface area (Å²) < 4.78 is 12.8. The molecule has 0 saturated carbocycles. The van der Waals surface area contributed by atoms with Crippen LogP contribution in [0.25, 0.3) is 0 Å². The minimum Gasteiger partial charge on any atom is -0.301 e. The monoisotopic (exact) mass is 249 g/mol. The fourth-order valence-electron chi connectivity index (χ4n) is 1.43. The van der Waals surface area contributed by atoms with E-state index in [2.05, 4.69) is 4.90 Å². The molecule has 1 aromatic carbocycles. The van der Waals surface area contributed by atoms with Crippen molar-refractivity contribution < 1.29 is 4.39 Å². The molecule has 1 nitrogen and oxygen atoms in total. The van der Waals surface area contributed by atoms with Crippen LogP contribution in [0.5, 0.6) is 0 Å². The lowest BCUT2D eigenvalue weighted by atomic mass is 10.2. The van der Waals surface area contributed by atoms with Crippen LogP contribution in [0.4, 0.5) is 4.39 Å². The van der Waals surface area contributed by atoms with Gasteiger partial charge in [-0.1, -0.05) is 17.7 Å². The molecule has 4 heteroatoms. The maximum Gasteiger partial charge on any atom is 0.124 e. The largest absolute Gasteiger partial charge is 0.301 e. The topological polar surface area (TPSA) is 3.24 Å². The molecular formula is C11H14Cl2FN. The molecule has 0 spiro atoms. The molecule has 1 rings (SSSR count). The Labute approximate surface area is 99.8 Å². The van der Waals surface area contributed by atoms with Crippen molar-refractivity contribution in [3.05, 3.63) is 34.6 Å². The molecule has 0 bridgehead atoms. The van der Waals surface area contributed by atoms with E-state index in [1.54, 1.807) is 6.07 Å². The molecule has 0 fully saturated rings. The Balaban J connectivity index is 2.64. The highest BCUT2D eigenvalue weighted by atomic mass is 35.5. The second kappa shape index (κ2) is 5.69. The van der Waals surface area contributed by atoms with Crippen molar-refractivity contribution in [3.8, 4) is 0 Å². The van der Waals surface area contributed by atoms with Crippen molar-refractivity contribution >= 4 is 23.2 Å². The minimum absolute atomic E-state index is 0.0919. The van der Waals surface area contributed by atoms with Gasteiger partial charge in [0.25, 0.3) is 0 Å². The molecule has 1 atom stereocenters. The van der Waals surface area contributed by atoms with E-state index in [-0.39, 0.29) is 11.2 Å². The molecule has 0 N–H and O–H groups in total. The zero-order valence-electron chi connectivity index (χ0n) is 8.80.